The van der Waals surface area contributed by atoms with Crippen LogP contribution >= 0.6 is 0 Å². The van der Waals surface area contributed by atoms with Gasteiger partial charge in [-0.05, 0) is 42.3 Å². The molecule has 0 aliphatic carbocycles. The Kier molecular flexibility index (Phi) is 5.28. The number of rotatable bonds is 6. The maximum absolute atomic E-state index is 12.0. The molecule has 3 aromatic rings. The summed E-state index contributed by atoms with van der Waals surface area (Å²) in [4.78, 5) is 30.1. The summed E-state index contributed by atoms with van der Waals surface area (Å²) in [6.45, 7) is 2.21. The number of anilines is 2. The van der Waals surface area contributed by atoms with E-state index in [0.29, 0.717) is 17.9 Å². The number of carboxylic acids is 1. The SMILES string of the molecule is CCOc1cc(-c2cccc(C(=O)O)c2)ccc1-c1nc(NN)c(N)c(=O)[nH]1. The van der Waals surface area contributed by atoms with E-state index in [1.165, 1.54) is 6.07 Å². The number of nitrogens with zero attached hydrogens (tertiary/aromatic N) is 1. The Morgan fingerprint density at radius 3 is 2.68 bits per heavy atom. The molecular formula is C19H19N5O4. The summed E-state index contributed by atoms with van der Waals surface area (Å²) in [5.41, 5.74) is 9.49. The lowest BCUT2D eigenvalue weighted by atomic mass is 10.0. The number of aromatic amines is 1. The van der Waals surface area contributed by atoms with E-state index in [1.807, 2.05) is 6.92 Å². The second-order valence-electron chi connectivity index (χ2n) is 5.85. The van der Waals surface area contributed by atoms with Crippen LogP contribution in [0.1, 0.15) is 17.3 Å². The van der Waals surface area contributed by atoms with Crippen LogP contribution in [0.5, 0.6) is 5.75 Å². The minimum absolute atomic E-state index is 0.0550. The lowest BCUT2D eigenvalue weighted by Gasteiger charge is -2.13. The van der Waals surface area contributed by atoms with E-state index >= 15 is 0 Å². The summed E-state index contributed by atoms with van der Waals surface area (Å²) < 4.78 is 5.71. The van der Waals surface area contributed by atoms with Gasteiger partial charge >= 0.3 is 5.97 Å². The zero-order valence-electron chi connectivity index (χ0n) is 15.0. The van der Waals surface area contributed by atoms with Crippen molar-refractivity contribution in [1.82, 2.24) is 9.97 Å². The first-order valence-corrected chi connectivity index (χ1v) is 8.42. The van der Waals surface area contributed by atoms with Crippen molar-refractivity contribution in [3.8, 4) is 28.3 Å². The van der Waals surface area contributed by atoms with Crippen molar-refractivity contribution in [2.75, 3.05) is 17.8 Å². The van der Waals surface area contributed by atoms with E-state index < -0.39 is 11.5 Å². The molecule has 9 nitrogen and oxygen atoms in total. The van der Waals surface area contributed by atoms with Gasteiger partial charge in [-0.3, -0.25) is 4.79 Å². The molecule has 0 saturated heterocycles. The topological polar surface area (TPSA) is 156 Å². The molecule has 0 spiro atoms. The van der Waals surface area contributed by atoms with E-state index in [4.69, 9.17) is 16.3 Å². The maximum atomic E-state index is 12.0. The van der Waals surface area contributed by atoms with Gasteiger partial charge in [0.25, 0.3) is 5.56 Å². The fraction of sp³-hybridized carbons (Fsp3) is 0.105. The number of hydrogen-bond donors (Lipinski definition) is 5. The van der Waals surface area contributed by atoms with E-state index in [9.17, 15) is 14.7 Å². The van der Waals surface area contributed by atoms with Crippen molar-refractivity contribution in [2.24, 2.45) is 5.84 Å². The molecule has 0 aliphatic rings. The molecule has 0 bridgehead atoms. The van der Waals surface area contributed by atoms with Gasteiger partial charge in [0.2, 0.25) is 0 Å². The van der Waals surface area contributed by atoms with E-state index in [0.717, 1.165) is 11.1 Å². The molecular weight excluding hydrogens is 362 g/mol. The largest absolute Gasteiger partial charge is 0.493 e. The fourth-order valence-electron chi connectivity index (χ4n) is 2.72. The summed E-state index contributed by atoms with van der Waals surface area (Å²) >= 11 is 0. The van der Waals surface area contributed by atoms with Crippen LogP contribution in [0.3, 0.4) is 0 Å². The third kappa shape index (κ3) is 3.64. The van der Waals surface area contributed by atoms with Crippen molar-refractivity contribution < 1.29 is 14.6 Å². The lowest BCUT2D eigenvalue weighted by molar-refractivity contribution is 0.0697. The van der Waals surface area contributed by atoms with Gasteiger partial charge in [0.1, 0.15) is 17.3 Å². The molecule has 1 aromatic heterocycles. The van der Waals surface area contributed by atoms with Crippen LogP contribution in [0.25, 0.3) is 22.5 Å². The number of carboxylic acid groups (broad SMARTS) is 1. The minimum atomic E-state index is -1.01. The summed E-state index contributed by atoms with van der Waals surface area (Å²) in [7, 11) is 0. The number of hydrazine groups is 1. The number of H-pyrrole nitrogens is 1. The first kappa shape index (κ1) is 18.9. The van der Waals surface area contributed by atoms with Crippen molar-refractivity contribution in [3.05, 3.63) is 58.4 Å². The average Bonchev–Trinajstić information content (AvgIpc) is 2.70. The predicted molar refractivity (Wildman–Crippen MR) is 106 cm³/mol. The normalized spacial score (nSPS) is 10.5. The molecule has 0 radical (unpaired) electrons. The first-order chi connectivity index (χ1) is 13.4. The standard InChI is InChI=1S/C19H19N5O4/c1-2-28-14-9-11(10-4-3-5-12(8-10)19(26)27)6-7-13(14)16-22-17(24-21)15(20)18(25)23-16/h3-9H,2,20-21H2,1H3,(H,26,27)(H2,22,23,24,25). The van der Waals surface area contributed by atoms with Crippen LogP contribution in [0.15, 0.2) is 47.3 Å². The maximum Gasteiger partial charge on any atom is 0.335 e. The van der Waals surface area contributed by atoms with Crippen molar-refractivity contribution in [1.29, 1.82) is 0 Å². The van der Waals surface area contributed by atoms with Gasteiger partial charge in [-0.1, -0.05) is 18.2 Å². The van der Waals surface area contributed by atoms with Gasteiger partial charge in [0.15, 0.2) is 5.82 Å². The molecule has 144 valence electrons. The Morgan fingerprint density at radius 2 is 2.00 bits per heavy atom. The van der Waals surface area contributed by atoms with Crippen LogP contribution < -0.4 is 27.3 Å². The number of nitrogens with one attached hydrogen (secondary N) is 2. The van der Waals surface area contributed by atoms with Crippen LogP contribution in [0, 0.1) is 0 Å². The number of nitrogens with two attached hydrogens (primary N) is 2. The molecule has 9 heteroatoms. The van der Waals surface area contributed by atoms with Crippen molar-refractivity contribution >= 4 is 17.5 Å². The van der Waals surface area contributed by atoms with Crippen molar-refractivity contribution in [2.45, 2.75) is 6.92 Å². The molecule has 1 heterocycles. The highest BCUT2D eigenvalue weighted by atomic mass is 16.5. The van der Waals surface area contributed by atoms with Gasteiger partial charge in [0, 0.05) is 0 Å². The Balaban J connectivity index is 2.13. The van der Waals surface area contributed by atoms with Gasteiger partial charge in [-0.15, -0.1) is 0 Å². The summed E-state index contributed by atoms with van der Waals surface area (Å²) in [5, 5.41) is 9.19. The van der Waals surface area contributed by atoms with Crippen LogP contribution in [-0.2, 0) is 0 Å². The van der Waals surface area contributed by atoms with E-state index in [1.54, 1.807) is 36.4 Å². The molecule has 2 aromatic carbocycles. The van der Waals surface area contributed by atoms with Gasteiger partial charge in [-0.2, -0.15) is 0 Å². The Morgan fingerprint density at radius 1 is 1.25 bits per heavy atom. The number of benzene rings is 2. The molecule has 0 amide bonds. The second kappa shape index (κ2) is 7.80. The molecule has 0 unspecified atom stereocenters. The van der Waals surface area contributed by atoms with Gasteiger partial charge in [-0.25, -0.2) is 15.6 Å². The quantitative estimate of drug-likeness (QED) is 0.321. The molecule has 0 aliphatic heterocycles. The van der Waals surface area contributed by atoms with Crippen LogP contribution in [0.4, 0.5) is 11.5 Å². The lowest BCUT2D eigenvalue weighted by Crippen LogP contribution is -2.20. The molecule has 7 N–H and O–H groups in total. The highest BCUT2D eigenvalue weighted by molar-refractivity contribution is 5.89. The number of carbonyl (C=O) groups is 1. The minimum Gasteiger partial charge on any atom is -0.493 e. The van der Waals surface area contributed by atoms with Gasteiger partial charge < -0.3 is 26.0 Å². The monoisotopic (exact) mass is 381 g/mol. The highest BCUT2D eigenvalue weighted by Gasteiger charge is 2.15. The number of ether oxygens (including phenoxy) is 1. The third-order valence-corrected chi connectivity index (χ3v) is 4.07. The Hall–Kier alpha value is -3.85. The molecule has 3 rings (SSSR count). The average molecular weight is 381 g/mol. The second-order valence-corrected chi connectivity index (χ2v) is 5.85. The molecule has 0 saturated carbocycles. The number of nitrogen functional groups attached to an aromatic ring is 2. The smallest absolute Gasteiger partial charge is 0.335 e. The number of hydrogen-bond acceptors (Lipinski definition) is 7. The summed E-state index contributed by atoms with van der Waals surface area (Å²) in [6.07, 6.45) is 0. The number of aromatic nitrogens is 2. The number of aromatic carboxylic acids is 1. The third-order valence-electron chi connectivity index (χ3n) is 4.07. The zero-order valence-corrected chi connectivity index (χ0v) is 15.0. The Labute approximate surface area is 160 Å². The first-order valence-electron chi connectivity index (χ1n) is 8.42. The highest BCUT2D eigenvalue weighted by Crippen LogP contribution is 2.33. The van der Waals surface area contributed by atoms with Crippen LogP contribution in [-0.4, -0.2) is 27.7 Å². The van der Waals surface area contributed by atoms with Crippen molar-refractivity contribution in [3.63, 3.8) is 0 Å². The van der Waals surface area contributed by atoms with Crippen LogP contribution in [0.2, 0.25) is 0 Å². The van der Waals surface area contributed by atoms with E-state index in [-0.39, 0.29) is 22.9 Å². The Bertz CT molecular complexity index is 1090. The fourth-order valence-corrected chi connectivity index (χ4v) is 2.72. The summed E-state index contributed by atoms with van der Waals surface area (Å²) in [6, 6.07) is 11.8. The summed E-state index contributed by atoms with van der Waals surface area (Å²) in [5.74, 6) is 5.13. The molecule has 0 atom stereocenters. The zero-order chi connectivity index (χ0) is 20.3. The molecule has 0 fully saturated rings. The van der Waals surface area contributed by atoms with E-state index in [2.05, 4.69) is 15.4 Å². The predicted octanol–water partition coefficient (Wildman–Crippen LogP) is 2.07. The van der Waals surface area contributed by atoms with Gasteiger partial charge in [0.05, 0.1) is 17.7 Å². The molecule has 28 heavy (non-hydrogen) atoms.